The van der Waals surface area contributed by atoms with Gasteiger partial charge in [0.05, 0.1) is 17.6 Å². The van der Waals surface area contributed by atoms with Crippen LogP contribution in [0.1, 0.15) is 38.9 Å². The van der Waals surface area contributed by atoms with Gasteiger partial charge in [-0.15, -0.1) is 11.3 Å². The van der Waals surface area contributed by atoms with Crippen molar-refractivity contribution < 1.29 is 19.1 Å². The van der Waals surface area contributed by atoms with Crippen molar-refractivity contribution in [3.05, 3.63) is 16.0 Å². The number of thiophene rings is 1. The molecule has 0 bridgehead atoms. The van der Waals surface area contributed by atoms with Gasteiger partial charge >= 0.3 is 5.97 Å². The van der Waals surface area contributed by atoms with Crippen LogP contribution in [0.5, 0.6) is 0 Å². The molecular weight excluding hydrogens is 242 g/mol. The number of anilines is 1. The molecule has 0 aromatic carbocycles. The SMILES string of the molecule is COC(=O)c1c(NC(C)=O)sc2c1CCC2=O. The fourth-order valence-corrected chi connectivity index (χ4v) is 3.10. The number of ketones is 1. The summed E-state index contributed by atoms with van der Waals surface area (Å²) in [6.07, 6.45) is 0.959. The third-order valence-electron chi connectivity index (χ3n) is 2.54. The molecule has 1 aromatic heterocycles. The third kappa shape index (κ3) is 1.95. The molecule has 0 aliphatic heterocycles. The summed E-state index contributed by atoms with van der Waals surface area (Å²) in [5.74, 6) is -0.768. The number of carbonyl (C=O) groups is 3. The molecule has 2 rings (SSSR count). The highest BCUT2D eigenvalue weighted by Crippen LogP contribution is 2.39. The number of rotatable bonds is 2. The highest BCUT2D eigenvalue weighted by atomic mass is 32.1. The molecule has 5 nitrogen and oxygen atoms in total. The van der Waals surface area contributed by atoms with Gasteiger partial charge in [-0.1, -0.05) is 0 Å². The van der Waals surface area contributed by atoms with E-state index in [1.165, 1.54) is 14.0 Å². The van der Waals surface area contributed by atoms with Crippen molar-refractivity contribution in [3.63, 3.8) is 0 Å². The van der Waals surface area contributed by atoms with Gasteiger partial charge in [0.2, 0.25) is 5.91 Å². The van der Waals surface area contributed by atoms with Crippen molar-refractivity contribution in [2.45, 2.75) is 19.8 Å². The van der Waals surface area contributed by atoms with Gasteiger partial charge in [0, 0.05) is 13.3 Å². The van der Waals surface area contributed by atoms with Crippen molar-refractivity contribution in [2.75, 3.05) is 12.4 Å². The van der Waals surface area contributed by atoms with E-state index in [-0.39, 0.29) is 11.7 Å². The van der Waals surface area contributed by atoms with Crippen LogP contribution in [0.15, 0.2) is 0 Å². The second-order valence-electron chi connectivity index (χ2n) is 3.71. The van der Waals surface area contributed by atoms with Gasteiger partial charge in [-0.25, -0.2) is 4.79 Å². The Balaban J connectivity index is 2.52. The van der Waals surface area contributed by atoms with Gasteiger partial charge in [-0.3, -0.25) is 9.59 Å². The lowest BCUT2D eigenvalue weighted by molar-refractivity contribution is -0.114. The topological polar surface area (TPSA) is 72.5 Å². The number of ether oxygens (including phenoxy) is 1. The van der Waals surface area contributed by atoms with Gasteiger partial charge in [0.15, 0.2) is 5.78 Å². The zero-order valence-electron chi connectivity index (χ0n) is 9.46. The average Bonchev–Trinajstić information content (AvgIpc) is 2.77. The third-order valence-corrected chi connectivity index (χ3v) is 3.73. The van der Waals surface area contributed by atoms with E-state index in [4.69, 9.17) is 0 Å². The van der Waals surface area contributed by atoms with Crippen molar-refractivity contribution >= 4 is 34.0 Å². The number of amides is 1. The molecular formula is C11H11NO4S. The molecule has 1 amide bonds. The van der Waals surface area contributed by atoms with E-state index < -0.39 is 5.97 Å². The van der Waals surface area contributed by atoms with Crippen LogP contribution in [-0.2, 0) is 16.0 Å². The Morgan fingerprint density at radius 1 is 1.35 bits per heavy atom. The maximum Gasteiger partial charge on any atom is 0.341 e. The Bertz CT molecular complexity index is 518. The van der Waals surface area contributed by atoms with Gasteiger partial charge in [-0.05, 0) is 12.0 Å². The maximum absolute atomic E-state index is 11.7. The summed E-state index contributed by atoms with van der Waals surface area (Å²) >= 11 is 1.15. The van der Waals surface area contributed by atoms with Crippen LogP contribution < -0.4 is 5.32 Å². The van der Waals surface area contributed by atoms with E-state index in [9.17, 15) is 14.4 Å². The Labute approximate surface area is 102 Å². The lowest BCUT2D eigenvalue weighted by Gasteiger charge is -2.04. The number of esters is 1. The molecule has 0 spiro atoms. The summed E-state index contributed by atoms with van der Waals surface area (Å²) in [4.78, 5) is 34.8. The first-order chi connectivity index (χ1) is 8.04. The monoisotopic (exact) mass is 253 g/mol. The lowest BCUT2D eigenvalue weighted by Crippen LogP contribution is -2.11. The zero-order chi connectivity index (χ0) is 12.6. The van der Waals surface area contributed by atoms with Crippen molar-refractivity contribution in [3.8, 4) is 0 Å². The molecule has 1 N–H and O–H groups in total. The molecule has 1 aliphatic carbocycles. The van der Waals surface area contributed by atoms with Gasteiger partial charge in [0.25, 0.3) is 0 Å². The molecule has 17 heavy (non-hydrogen) atoms. The highest BCUT2D eigenvalue weighted by molar-refractivity contribution is 7.19. The average molecular weight is 253 g/mol. The van der Waals surface area contributed by atoms with Crippen LogP contribution in [0, 0.1) is 0 Å². The number of fused-ring (bicyclic) bond motifs is 1. The van der Waals surface area contributed by atoms with Crippen molar-refractivity contribution in [2.24, 2.45) is 0 Å². The minimum absolute atomic E-state index is 0.0201. The van der Waals surface area contributed by atoms with Crippen LogP contribution in [0.25, 0.3) is 0 Å². The standard InChI is InChI=1S/C11H11NO4S/c1-5(13)12-10-8(11(15)16-2)6-3-4-7(14)9(6)17-10/h3-4H2,1-2H3,(H,12,13). The van der Waals surface area contributed by atoms with Crippen molar-refractivity contribution in [1.82, 2.24) is 0 Å². The smallest absolute Gasteiger partial charge is 0.341 e. The van der Waals surface area contributed by atoms with Crippen molar-refractivity contribution in [1.29, 1.82) is 0 Å². The lowest BCUT2D eigenvalue weighted by atomic mass is 10.1. The van der Waals surface area contributed by atoms with Crippen LogP contribution >= 0.6 is 11.3 Å². The van der Waals surface area contributed by atoms with E-state index in [2.05, 4.69) is 10.1 Å². The van der Waals surface area contributed by atoms with E-state index in [1.54, 1.807) is 0 Å². The van der Waals surface area contributed by atoms with Crippen LogP contribution in [0.2, 0.25) is 0 Å². The van der Waals surface area contributed by atoms with Gasteiger partial charge < -0.3 is 10.1 Å². The molecule has 1 aliphatic rings. The number of Topliss-reactive ketones (excluding diaryl/α,β-unsaturated/α-hetero) is 1. The quantitative estimate of drug-likeness (QED) is 0.813. The van der Waals surface area contributed by atoms with Gasteiger partial charge in [-0.2, -0.15) is 0 Å². The van der Waals surface area contributed by atoms with Gasteiger partial charge in [0.1, 0.15) is 5.00 Å². The summed E-state index contributed by atoms with van der Waals surface area (Å²) in [7, 11) is 1.28. The predicted molar refractivity (Wildman–Crippen MR) is 62.6 cm³/mol. The number of hydrogen-bond donors (Lipinski definition) is 1. The summed E-state index contributed by atoms with van der Waals surface area (Å²) in [6, 6.07) is 0. The molecule has 1 heterocycles. The molecule has 0 saturated carbocycles. The molecule has 6 heteroatoms. The first-order valence-corrected chi connectivity index (χ1v) is 5.91. The summed E-state index contributed by atoms with van der Waals surface area (Å²) in [5.41, 5.74) is 1.03. The molecule has 0 atom stereocenters. The number of carbonyl (C=O) groups excluding carboxylic acids is 3. The molecule has 1 aromatic rings. The largest absolute Gasteiger partial charge is 0.465 e. The maximum atomic E-state index is 11.7. The molecule has 0 unspecified atom stereocenters. The minimum Gasteiger partial charge on any atom is -0.465 e. The van der Waals surface area contributed by atoms with E-state index in [1.807, 2.05) is 0 Å². The summed E-state index contributed by atoms with van der Waals surface area (Å²) in [5, 5.41) is 2.97. The number of methoxy groups -OCH3 is 1. The molecule has 0 saturated heterocycles. The Morgan fingerprint density at radius 2 is 2.06 bits per heavy atom. The Hall–Kier alpha value is -1.69. The number of hydrogen-bond acceptors (Lipinski definition) is 5. The molecule has 0 radical (unpaired) electrons. The first kappa shape index (κ1) is 11.8. The minimum atomic E-state index is -0.513. The molecule has 0 fully saturated rings. The Kier molecular flexibility index (Phi) is 2.97. The fraction of sp³-hybridized carbons (Fsp3) is 0.364. The van der Waals surface area contributed by atoms with Crippen LogP contribution in [0.4, 0.5) is 5.00 Å². The summed E-state index contributed by atoms with van der Waals surface area (Å²) in [6.45, 7) is 1.35. The predicted octanol–water partition coefficient (Wildman–Crippen LogP) is 1.62. The Morgan fingerprint density at radius 3 is 2.65 bits per heavy atom. The fourth-order valence-electron chi connectivity index (χ4n) is 1.85. The normalized spacial score (nSPS) is 13.4. The number of nitrogens with one attached hydrogen (secondary N) is 1. The first-order valence-electron chi connectivity index (χ1n) is 5.09. The van der Waals surface area contributed by atoms with Crippen LogP contribution in [0.3, 0.4) is 0 Å². The van der Waals surface area contributed by atoms with E-state index in [0.29, 0.717) is 33.8 Å². The van der Waals surface area contributed by atoms with E-state index in [0.717, 1.165) is 11.3 Å². The zero-order valence-corrected chi connectivity index (χ0v) is 10.3. The summed E-state index contributed by atoms with van der Waals surface area (Å²) < 4.78 is 4.68. The second-order valence-corrected chi connectivity index (χ2v) is 4.73. The highest BCUT2D eigenvalue weighted by Gasteiger charge is 2.31. The second kappa shape index (κ2) is 4.29. The molecule has 90 valence electrons. The van der Waals surface area contributed by atoms with E-state index >= 15 is 0 Å². The van der Waals surface area contributed by atoms with Crippen LogP contribution in [-0.4, -0.2) is 24.8 Å².